The highest BCUT2D eigenvalue weighted by atomic mass is 32.2. The molecular weight excluding hydrogens is 270 g/mol. The number of benzene rings is 2. The second kappa shape index (κ2) is 5.84. The molecule has 98 valence electrons. The van der Waals surface area contributed by atoms with Gasteiger partial charge in [0.2, 0.25) is 0 Å². The van der Waals surface area contributed by atoms with Crippen LogP contribution in [0.15, 0.2) is 47.4 Å². The SMILES string of the molecule is O=C(O)c1ccc(SCc2cc(F)cc(F)c2)cc1. The van der Waals surface area contributed by atoms with Crippen molar-refractivity contribution in [2.75, 3.05) is 0 Å². The first-order valence-corrected chi connectivity index (χ1v) is 6.44. The van der Waals surface area contributed by atoms with Gasteiger partial charge in [0.25, 0.3) is 0 Å². The largest absolute Gasteiger partial charge is 0.478 e. The van der Waals surface area contributed by atoms with Gasteiger partial charge in [-0.3, -0.25) is 0 Å². The van der Waals surface area contributed by atoms with Crippen LogP contribution in [0.2, 0.25) is 0 Å². The number of hydrogen-bond acceptors (Lipinski definition) is 2. The maximum absolute atomic E-state index is 13.0. The van der Waals surface area contributed by atoms with E-state index in [1.54, 1.807) is 12.1 Å². The Morgan fingerprint density at radius 1 is 1.05 bits per heavy atom. The maximum Gasteiger partial charge on any atom is 0.335 e. The molecule has 0 aliphatic rings. The third-order valence-corrected chi connectivity index (χ3v) is 3.51. The van der Waals surface area contributed by atoms with Crippen LogP contribution in [0.25, 0.3) is 0 Å². The summed E-state index contributed by atoms with van der Waals surface area (Å²) < 4.78 is 26.0. The number of carboxylic acids is 1. The lowest BCUT2D eigenvalue weighted by atomic mass is 10.2. The molecule has 0 radical (unpaired) electrons. The number of carboxylic acid groups (broad SMARTS) is 1. The molecule has 0 saturated carbocycles. The maximum atomic E-state index is 13.0. The molecule has 0 heterocycles. The molecule has 0 aromatic heterocycles. The van der Waals surface area contributed by atoms with Crippen LogP contribution in [-0.4, -0.2) is 11.1 Å². The first kappa shape index (κ1) is 13.5. The standard InChI is InChI=1S/C14H10F2O2S/c15-11-5-9(6-12(16)7-11)8-19-13-3-1-10(2-4-13)14(17)18/h1-7H,8H2,(H,17,18). The van der Waals surface area contributed by atoms with Crippen LogP contribution in [0.5, 0.6) is 0 Å². The Balaban J connectivity index is 2.03. The number of thioether (sulfide) groups is 1. The second-order valence-electron chi connectivity index (χ2n) is 3.90. The molecule has 2 rings (SSSR count). The predicted octanol–water partition coefficient (Wildman–Crippen LogP) is 3.96. The lowest BCUT2D eigenvalue weighted by molar-refractivity contribution is 0.0697. The quantitative estimate of drug-likeness (QED) is 0.861. The summed E-state index contributed by atoms with van der Waals surface area (Å²) in [6.07, 6.45) is 0. The average Bonchev–Trinajstić information content (AvgIpc) is 2.36. The highest BCUT2D eigenvalue weighted by Gasteiger charge is 2.04. The van der Waals surface area contributed by atoms with Gasteiger partial charge in [-0.05, 0) is 42.0 Å². The van der Waals surface area contributed by atoms with E-state index in [1.165, 1.54) is 36.0 Å². The Labute approximate surface area is 113 Å². The molecule has 5 heteroatoms. The Morgan fingerprint density at radius 3 is 2.16 bits per heavy atom. The zero-order valence-electron chi connectivity index (χ0n) is 9.77. The van der Waals surface area contributed by atoms with Crippen molar-refractivity contribution in [2.24, 2.45) is 0 Å². The van der Waals surface area contributed by atoms with Crippen molar-refractivity contribution >= 4 is 17.7 Å². The van der Waals surface area contributed by atoms with Gasteiger partial charge in [0.1, 0.15) is 11.6 Å². The zero-order valence-corrected chi connectivity index (χ0v) is 10.6. The van der Waals surface area contributed by atoms with Gasteiger partial charge in [-0.15, -0.1) is 11.8 Å². The number of carbonyl (C=O) groups is 1. The molecule has 0 bridgehead atoms. The van der Waals surface area contributed by atoms with E-state index in [-0.39, 0.29) is 5.56 Å². The smallest absolute Gasteiger partial charge is 0.335 e. The third kappa shape index (κ3) is 3.79. The summed E-state index contributed by atoms with van der Waals surface area (Å²) in [7, 11) is 0. The first-order chi connectivity index (χ1) is 9.04. The molecule has 0 aliphatic heterocycles. The average molecular weight is 280 g/mol. The molecule has 0 fully saturated rings. The summed E-state index contributed by atoms with van der Waals surface area (Å²) in [4.78, 5) is 11.5. The van der Waals surface area contributed by atoms with Crippen LogP contribution < -0.4 is 0 Å². The minimum Gasteiger partial charge on any atom is -0.478 e. The Morgan fingerprint density at radius 2 is 1.63 bits per heavy atom. The van der Waals surface area contributed by atoms with Gasteiger partial charge in [0.05, 0.1) is 5.56 Å². The molecule has 0 aliphatic carbocycles. The van der Waals surface area contributed by atoms with E-state index in [9.17, 15) is 13.6 Å². The van der Waals surface area contributed by atoms with Crippen LogP contribution in [0.1, 0.15) is 15.9 Å². The number of halogens is 2. The molecular formula is C14H10F2O2S. The highest BCUT2D eigenvalue weighted by Crippen LogP contribution is 2.24. The van der Waals surface area contributed by atoms with E-state index in [4.69, 9.17) is 5.11 Å². The van der Waals surface area contributed by atoms with E-state index in [0.717, 1.165) is 11.0 Å². The lowest BCUT2D eigenvalue weighted by Gasteiger charge is -2.03. The summed E-state index contributed by atoms with van der Waals surface area (Å²) in [6.45, 7) is 0. The van der Waals surface area contributed by atoms with Crippen LogP contribution in [-0.2, 0) is 5.75 Å². The van der Waals surface area contributed by atoms with Gasteiger partial charge in [-0.25, -0.2) is 13.6 Å². The molecule has 0 atom stereocenters. The Hall–Kier alpha value is -1.88. The summed E-state index contributed by atoms with van der Waals surface area (Å²) in [5.41, 5.74) is 0.756. The number of aromatic carboxylic acids is 1. The van der Waals surface area contributed by atoms with Crippen LogP contribution in [0.4, 0.5) is 8.78 Å². The monoisotopic (exact) mass is 280 g/mol. The minimum absolute atomic E-state index is 0.209. The fourth-order valence-electron chi connectivity index (χ4n) is 1.55. The molecule has 0 unspecified atom stereocenters. The van der Waals surface area contributed by atoms with Crippen molar-refractivity contribution in [2.45, 2.75) is 10.6 Å². The molecule has 2 nitrogen and oxygen atoms in total. The molecule has 1 N–H and O–H groups in total. The summed E-state index contributed by atoms with van der Waals surface area (Å²) in [5.74, 6) is -1.77. The molecule has 0 saturated heterocycles. The van der Waals surface area contributed by atoms with E-state index in [1.807, 2.05) is 0 Å². The van der Waals surface area contributed by atoms with E-state index >= 15 is 0 Å². The van der Waals surface area contributed by atoms with E-state index in [0.29, 0.717) is 11.3 Å². The van der Waals surface area contributed by atoms with Crippen LogP contribution in [0.3, 0.4) is 0 Å². The molecule has 2 aromatic carbocycles. The van der Waals surface area contributed by atoms with Gasteiger partial charge in [0.15, 0.2) is 0 Å². The molecule has 0 spiro atoms. The summed E-state index contributed by atoms with van der Waals surface area (Å²) in [6, 6.07) is 9.72. The van der Waals surface area contributed by atoms with E-state index < -0.39 is 17.6 Å². The molecule has 2 aromatic rings. The van der Waals surface area contributed by atoms with Crippen molar-refractivity contribution < 1.29 is 18.7 Å². The molecule has 19 heavy (non-hydrogen) atoms. The minimum atomic E-state index is -0.983. The number of hydrogen-bond donors (Lipinski definition) is 1. The fourth-order valence-corrected chi connectivity index (χ4v) is 2.38. The highest BCUT2D eigenvalue weighted by molar-refractivity contribution is 7.98. The summed E-state index contributed by atoms with van der Waals surface area (Å²) in [5, 5.41) is 8.75. The first-order valence-electron chi connectivity index (χ1n) is 5.46. The van der Waals surface area contributed by atoms with Crippen LogP contribution in [0, 0.1) is 11.6 Å². The van der Waals surface area contributed by atoms with Crippen molar-refractivity contribution in [3.8, 4) is 0 Å². The Bertz CT molecular complexity index is 577. The Kier molecular flexibility index (Phi) is 4.16. The van der Waals surface area contributed by atoms with Gasteiger partial charge in [-0.1, -0.05) is 0 Å². The van der Waals surface area contributed by atoms with Gasteiger partial charge >= 0.3 is 5.97 Å². The van der Waals surface area contributed by atoms with Crippen LogP contribution >= 0.6 is 11.8 Å². The zero-order chi connectivity index (χ0) is 13.8. The van der Waals surface area contributed by atoms with Crippen molar-refractivity contribution in [3.05, 3.63) is 65.2 Å². The normalized spacial score (nSPS) is 10.4. The van der Waals surface area contributed by atoms with Gasteiger partial charge in [-0.2, -0.15) is 0 Å². The fraction of sp³-hybridized carbons (Fsp3) is 0.0714. The van der Waals surface area contributed by atoms with Crippen molar-refractivity contribution in [1.29, 1.82) is 0 Å². The summed E-state index contributed by atoms with van der Waals surface area (Å²) >= 11 is 1.39. The lowest BCUT2D eigenvalue weighted by Crippen LogP contribution is -1.94. The van der Waals surface area contributed by atoms with Crippen molar-refractivity contribution in [1.82, 2.24) is 0 Å². The third-order valence-electron chi connectivity index (χ3n) is 2.43. The van der Waals surface area contributed by atoms with E-state index in [2.05, 4.69) is 0 Å². The topological polar surface area (TPSA) is 37.3 Å². The predicted molar refractivity (Wildman–Crippen MR) is 69.3 cm³/mol. The van der Waals surface area contributed by atoms with Gasteiger partial charge < -0.3 is 5.11 Å². The molecule has 0 amide bonds. The van der Waals surface area contributed by atoms with Crippen molar-refractivity contribution in [3.63, 3.8) is 0 Å². The van der Waals surface area contributed by atoms with Gasteiger partial charge in [0, 0.05) is 16.7 Å². The second-order valence-corrected chi connectivity index (χ2v) is 4.94. The number of rotatable bonds is 4.